The van der Waals surface area contributed by atoms with Crippen LogP contribution in [0.25, 0.3) is 0 Å². The fourth-order valence-corrected chi connectivity index (χ4v) is 3.55. The van der Waals surface area contributed by atoms with E-state index in [-0.39, 0.29) is 24.2 Å². The first-order valence-corrected chi connectivity index (χ1v) is 8.68. The summed E-state index contributed by atoms with van der Waals surface area (Å²) < 4.78 is 0. The highest BCUT2D eigenvalue weighted by Crippen LogP contribution is 2.47. The molecule has 1 aromatic rings. The standard InChI is InChI=1S/C19H28N2O.ClH/c1-12(2)14-4-6-15(7-5-14)17-11-18(17)19(22)21-16-8-9-20-13(3)10-16;/h4-7,12-13,16-18,20H,8-11H2,1-3H3,(H,21,22);1H. The molecule has 4 heteroatoms. The molecule has 4 unspecified atom stereocenters. The van der Waals surface area contributed by atoms with Crippen molar-refractivity contribution in [1.82, 2.24) is 10.6 Å². The fourth-order valence-electron chi connectivity index (χ4n) is 3.55. The molecule has 2 N–H and O–H groups in total. The number of nitrogens with one attached hydrogen (secondary N) is 2. The van der Waals surface area contributed by atoms with Gasteiger partial charge >= 0.3 is 0 Å². The Labute approximate surface area is 146 Å². The van der Waals surface area contributed by atoms with E-state index in [1.165, 1.54) is 11.1 Å². The van der Waals surface area contributed by atoms with Gasteiger partial charge in [0.05, 0.1) is 0 Å². The average molecular weight is 337 g/mol. The van der Waals surface area contributed by atoms with Crippen molar-refractivity contribution in [1.29, 1.82) is 0 Å². The van der Waals surface area contributed by atoms with Crippen LogP contribution in [0.5, 0.6) is 0 Å². The van der Waals surface area contributed by atoms with Gasteiger partial charge in [-0.25, -0.2) is 0 Å². The molecule has 2 fully saturated rings. The molecule has 1 aromatic carbocycles. The molecule has 128 valence electrons. The monoisotopic (exact) mass is 336 g/mol. The largest absolute Gasteiger partial charge is 0.353 e. The van der Waals surface area contributed by atoms with E-state index in [2.05, 4.69) is 55.7 Å². The summed E-state index contributed by atoms with van der Waals surface area (Å²) in [5, 5.41) is 6.69. The lowest BCUT2D eigenvalue weighted by atomic mass is 9.99. The Morgan fingerprint density at radius 1 is 1.22 bits per heavy atom. The lowest BCUT2D eigenvalue weighted by Crippen LogP contribution is -2.47. The van der Waals surface area contributed by atoms with Crippen LogP contribution in [0.15, 0.2) is 24.3 Å². The normalized spacial score (nSPS) is 29.7. The number of rotatable bonds is 4. The summed E-state index contributed by atoms with van der Waals surface area (Å²) in [7, 11) is 0. The maximum absolute atomic E-state index is 12.4. The van der Waals surface area contributed by atoms with Gasteiger partial charge in [-0.2, -0.15) is 0 Å². The number of benzene rings is 1. The van der Waals surface area contributed by atoms with Crippen molar-refractivity contribution in [2.75, 3.05) is 6.54 Å². The quantitative estimate of drug-likeness (QED) is 0.882. The van der Waals surface area contributed by atoms with Crippen LogP contribution in [0, 0.1) is 5.92 Å². The van der Waals surface area contributed by atoms with Gasteiger partial charge in [-0.05, 0) is 55.7 Å². The molecule has 3 rings (SSSR count). The molecule has 23 heavy (non-hydrogen) atoms. The van der Waals surface area contributed by atoms with Crippen molar-refractivity contribution in [3.63, 3.8) is 0 Å². The van der Waals surface area contributed by atoms with Crippen molar-refractivity contribution in [3.8, 4) is 0 Å². The van der Waals surface area contributed by atoms with Gasteiger partial charge in [-0.1, -0.05) is 38.1 Å². The maximum atomic E-state index is 12.4. The van der Waals surface area contributed by atoms with Crippen molar-refractivity contribution in [2.24, 2.45) is 5.92 Å². The molecule has 1 amide bonds. The highest BCUT2D eigenvalue weighted by molar-refractivity contribution is 5.85. The molecule has 1 saturated heterocycles. The molecule has 0 radical (unpaired) electrons. The fraction of sp³-hybridized carbons (Fsp3) is 0.632. The number of piperidine rings is 1. The number of carbonyl (C=O) groups is 1. The summed E-state index contributed by atoms with van der Waals surface area (Å²) in [5.74, 6) is 1.45. The third kappa shape index (κ3) is 4.48. The first-order valence-electron chi connectivity index (χ1n) is 8.68. The Balaban J connectivity index is 0.00000192. The van der Waals surface area contributed by atoms with E-state index >= 15 is 0 Å². The van der Waals surface area contributed by atoms with Crippen LogP contribution in [-0.4, -0.2) is 24.5 Å². The van der Waals surface area contributed by atoms with Crippen LogP contribution in [0.3, 0.4) is 0 Å². The molecular formula is C19H29ClN2O. The smallest absolute Gasteiger partial charge is 0.223 e. The van der Waals surface area contributed by atoms with Gasteiger partial charge in [0.2, 0.25) is 5.91 Å². The second-order valence-corrected chi connectivity index (χ2v) is 7.36. The summed E-state index contributed by atoms with van der Waals surface area (Å²) in [6.07, 6.45) is 3.11. The van der Waals surface area contributed by atoms with Gasteiger partial charge in [-0.15, -0.1) is 12.4 Å². The zero-order chi connectivity index (χ0) is 15.7. The summed E-state index contributed by atoms with van der Waals surface area (Å²) in [4.78, 5) is 12.4. The third-order valence-electron chi connectivity index (χ3n) is 5.13. The number of amides is 1. The Morgan fingerprint density at radius 3 is 2.52 bits per heavy atom. The number of halogens is 1. The van der Waals surface area contributed by atoms with Crippen LogP contribution < -0.4 is 10.6 Å². The highest BCUT2D eigenvalue weighted by Gasteiger charge is 2.44. The van der Waals surface area contributed by atoms with Gasteiger partial charge in [-0.3, -0.25) is 4.79 Å². The zero-order valence-electron chi connectivity index (χ0n) is 14.3. The highest BCUT2D eigenvalue weighted by atomic mass is 35.5. The second kappa shape index (κ2) is 7.67. The van der Waals surface area contributed by atoms with Crippen LogP contribution in [0.4, 0.5) is 0 Å². The summed E-state index contributed by atoms with van der Waals surface area (Å²) in [6.45, 7) is 7.62. The van der Waals surface area contributed by atoms with Crippen molar-refractivity contribution < 1.29 is 4.79 Å². The molecule has 0 bridgehead atoms. The van der Waals surface area contributed by atoms with Gasteiger partial charge in [0.1, 0.15) is 0 Å². The maximum Gasteiger partial charge on any atom is 0.223 e. The molecular weight excluding hydrogens is 308 g/mol. The van der Waals surface area contributed by atoms with Gasteiger partial charge in [0, 0.05) is 18.0 Å². The predicted molar refractivity (Wildman–Crippen MR) is 97.3 cm³/mol. The Bertz CT molecular complexity index is 529. The first kappa shape index (κ1) is 18.3. The van der Waals surface area contributed by atoms with Gasteiger partial charge < -0.3 is 10.6 Å². The summed E-state index contributed by atoms with van der Waals surface area (Å²) >= 11 is 0. The minimum absolute atomic E-state index is 0. The molecule has 4 atom stereocenters. The third-order valence-corrected chi connectivity index (χ3v) is 5.13. The minimum atomic E-state index is 0. The van der Waals surface area contributed by atoms with Crippen molar-refractivity contribution in [3.05, 3.63) is 35.4 Å². The average Bonchev–Trinajstić information content (AvgIpc) is 3.28. The first-order chi connectivity index (χ1) is 10.5. The molecule has 1 heterocycles. The predicted octanol–water partition coefficient (Wildman–Crippen LogP) is 3.59. The van der Waals surface area contributed by atoms with E-state index in [9.17, 15) is 4.79 Å². The number of hydrogen-bond acceptors (Lipinski definition) is 2. The van der Waals surface area contributed by atoms with E-state index in [1.807, 2.05) is 0 Å². The number of carbonyl (C=O) groups excluding carboxylic acids is 1. The lowest BCUT2D eigenvalue weighted by molar-refractivity contribution is -0.123. The number of hydrogen-bond donors (Lipinski definition) is 2. The Hall–Kier alpha value is -1.06. The summed E-state index contributed by atoms with van der Waals surface area (Å²) in [6, 6.07) is 9.70. The topological polar surface area (TPSA) is 41.1 Å². The van der Waals surface area contributed by atoms with Crippen molar-refractivity contribution >= 4 is 18.3 Å². The zero-order valence-corrected chi connectivity index (χ0v) is 15.2. The van der Waals surface area contributed by atoms with E-state index < -0.39 is 0 Å². The molecule has 0 aromatic heterocycles. The van der Waals surface area contributed by atoms with Crippen LogP contribution in [0.1, 0.15) is 63.0 Å². The second-order valence-electron chi connectivity index (χ2n) is 7.36. The van der Waals surface area contributed by atoms with Gasteiger partial charge in [0.15, 0.2) is 0 Å². The molecule has 1 aliphatic carbocycles. The molecule has 3 nitrogen and oxygen atoms in total. The van der Waals surface area contributed by atoms with Crippen LogP contribution in [-0.2, 0) is 4.79 Å². The Kier molecular flexibility index (Phi) is 6.10. The van der Waals surface area contributed by atoms with Gasteiger partial charge in [0.25, 0.3) is 0 Å². The van der Waals surface area contributed by atoms with Crippen LogP contribution >= 0.6 is 12.4 Å². The molecule has 0 spiro atoms. The van der Waals surface area contributed by atoms with Crippen molar-refractivity contribution in [2.45, 2.75) is 64.0 Å². The van der Waals surface area contributed by atoms with E-state index in [1.54, 1.807) is 0 Å². The SMILES string of the molecule is CC1CC(NC(=O)C2CC2c2ccc(C(C)C)cc2)CCN1.Cl. The molecule has 1 saturated carbocycles. The van der Waals surface area contributed by atoms with E-state index in [0.717, 1.165) is 25.8 Å². The lowest BCUT2D eigenvalue weighted by Gasteiger charge is -2.28. The van der Waals surface area contributed by atoms with E-state index in [0.29, 0.717) is 23.9 Å². The minimum Gasteiger partial charge on any atom is -0.353 e. The van der Waals surface area contributed by atoms with E-state index in [4.69, 9.17) is 0 Å². The molecule has 2 aliphatic rings. The summed E-state index contributed by atoms with van der Waals surface area (Å²) in [5.41, 5.74) is 2.69. The van der Waals surface area contributed by atoms with Crippen LogP contribution in [0.2, 0.25) is 0 Å². The Morgan fingerprint density at radius 2 is 1.91 bits per heavy atom. The molecule has 1 aliphatic heterocycles.